The van der Waals surface area contributed by atoms with Crippen LogP contribution in [0.25, 0.3) is 10.9 Å². The summed E-state index contributed by atoms with van der Waals surface area (Å²) in [6.07, 6.45) is 1.90. The van der Waals surface area contributed by atoms with Gasteiger partial charge in [-0.25, -0.2) is 0 Å². The molecule has 128 valence electrons. The summed E-state index contributed by atoms with van der Waals surface area (Å²) in [4.78, 5) is 18.0. The normalized spacial score (nSPS) is 16.8. The average molecular weight is 334 g/mol. The molecular formula is C21H22N2O2. The van der Waals surface area contributed by atoms with E-state index >= 15 is 0 Å². The van der Waals surface area contributed by atoms with E-state index in [1.807, 2.05) is 47.4 Å². The first-order valence-electron chi connectivity index (χ1n) is 8.79. The Hall–Kier alpha value is -2.59. The second-order valence-corrected chi connectivity index (χ2v) is 6.68. The van der Waals surface area contributed by atoms with E-state index in [0.29, 0.717) is 19.4 Å². The lowest BCUT2D eigenvalue weighted by Crippen LogP contribution is -2.46. The summed E-state index contributed by atoms with van der Waals surface area (Å²) in [7, 11) is 0. The highest BCUT2D eigenvalue weighted by Crippen LogP contribution is 2.30. The van der Waals surface area contributed by atoms with Gasteiger partial charge in [-0.15, -0.1) is 0 Å². The maximum atomic E-state index is 12.8. The van der Waals surface area contributed by atoms with E-state index in [0.717, 1.165) is 17.6 Å². The van der Waals surface area contributed by atoms with Gasteiger partial charge >= 0.3 is 0 Å². The van der Waals surface area contributed by atoms with Crippen molar-refractivity contribution in [1.29, 1.82) is 0 Å². The van der Waals surface area contributed by atoms with Crippen molar-refractivity contribution in [1.82, 2.24) is 9.88 Å². The first-order chi connectivity index (χ1) is 12.3. The largest absolute Gasteiger partial charge is 0.394 e. The monoisotopic (exact) mass is 334 g/mol. The van der Waals surface area contributed by atoms with Crippen molar-refractivity contribution in [2.24, 2.45) is 0 Å². The lowest BCUT2D eigenvalue weighted by molar-refractivity contribution is -0.135. The van der Waals surface area contributed by atoms with Crippen molar-refractivity contribution in [2.45, 2.75) is 31.8 Å². The van der Waals surface area contributed by atoms with Crippen LogP contribution >= 0.6 is 0 Å². The lowest BCUT2D eigenvalue weighted by Gasteiger charge is -2.35. The first-order valence-corrected chi connectivity index (χ1v) is 8.79. The number of nitrogens with one attached hydrogen (secondary N) is 1. The van der Waals surface area contributed by atoms with Crippen LogP contribution in [0.15, 0.2) is 54.6 Å². The second-order valence-electron chi connectivity index (χ2n) is 6.68. The zero-order chi connectivity index (χ0) is 17.2. The molecule has 4 rings (SSSR count). The van der Waals surface area contributed by atoms with Crippen LogP contribution in [0.2, 0.25) is 0 Å². The molecule has 3 aromatic rings. The number of aliphatic hydroxyl groups is 1. The van der Waals surface area contributed by atoms with Crippen LogP contribution in [0.5, 0.6) is 0 Å². The van der Waals surface area contributed by atoms with E-state index in [4.69, 9.17) is 0 Å². The molecule has 1 amide bonds. The topological polar surface area (TPSA) is 56.3 Å². The number of rotatable bonds is 4. The molecule has 1 atom stereocenters. The molecule has 4 heteroatoms. The number of carbonyl (C=O) groups is 1. The number of aryl methyl sites for hydroxylation is 1. The Kier molecular flexibility index (Phi) is 4.28. The molecule has 0 bridgehead atoms. The average Bonchev–Trinajstić information content (AvgIpc) is 3.03. The maximum Gasteiger partial charge on any atom is 0.223 e. The fourth-order valence-electron chi connectivity index (χ4n) is 3.76. The zero-order valence-corrected chi connectivity index (χ0v) is 14.1. The molecule has 4 nitrogen and oxygen atoms in total. The summed E-state index contributed by atoms with van der Waals surface area (Å²) in [6, 6.07) is 18.1. The van der Waals surface area contributed by atoms with E-state index in [2.05, 4.69) is 17.1 Å². The molecule has 1 aliphatic heterocycles. The van der Waals surface area contributed by atoms with Gasteiger partial charge in [0.2, 0.25) is 5.91 Å². The third kappa shape index (κ3) is 3.05. The summed E-state index contributed by atoms with van der Waals surface area (Å²) in [6.45, 7) is 0.541. The number of hydrogen-bond acceptors (Lipinski definition) is 2. The van der Waals surface area contributed by atoms with Crippen LogP contribution in [-0.2, 0) is 24.2 Å². The number of amides is 1. The molecular weight excluding hydrogens is 312 g/mol. The lowest BCUT2D eigenvalue weighted by atomic mass is 9.96. The SMILES string of the molecule is O=C(CCc1ccccc1)N1Cc2[nH]c3ccccc3c2CC1CO. The summed E-state index contributed by atoms with van der Waals surface area (Å²) in [5.41, 5.74) is 4.60. The highest BCUT2D eigenvalue weighted by Gasteiger charge is 2.31. The van der Waals surface area contributed by atoms with Crippen LogP contribution in [0.4, 0.5) is 0 Å². The standard InChI is InChI=1S/C21H22N2O2/c24-14-16-12-18-17-8-4-5-9-19(17)22-20(18)13-23(16)21(25)11-10-15-6-2-1-3-7-15/h1-9,16,22,24H,10-14H2. The van der Waals surface area contributed by atoms with Crippen molar-refractivity contribution in [3.8, 4) is 0 Å². The third-order valence-electron chi connectivity index (χ3n) is 5.11. The molecule has 2 aromatic carbocycles. The fourth-order valence-corrected chi connectivity index (χ4v) is 3.76. The molecule has 2 N–H and O–H groups in total. The Labute approximate surface area is 147 Å². The quantitative estimate of drug-likeness (QED) is 0.770. The number of nitrogens with zero attached hydrogens (tertiary/aromatic N) is 1. The van der Waals surface area contributed by atoms with Crippen molar-refractivity contribution in [3.05, 3.63) is 71.4 Å². The summed E-state index contributed by atoms with van der Waals surface area (Å²) in [5.74, 6) is 0.104. The van der Waals surface area contributed by atoms with Crippen LogP contribution in [-0.4, -0.2) is 33.5 Å². The number of aliphatic hydroxyl groups excluding tert-OH is 1. The van der Waals surface area contributed by atoms with E-state index in [-0.39, 0.29) is 18.6 Å². The van der Waals surface area contributed by atoms with Gasteiger partial charge in [0.25, 0.3) is 0 Å². The number of benzene rings is 2. The number of aromatic amines is 1. The van der Waals surface area contributed by atoms with Gasteiger partial charge < -0.3 is 15.0 Å². The number of aromatic nitrogens is 1. The molecule has 25 heavy (non-hydrogen) atoms. The molecule has 0 radical (unpaired) electrons. The van der Waals surface area contributed by atoms with E-state index in [1.54, 1.807) is 0 Å². The summed E-state index contributed by atoms with van der Waals surface area (Å²) in [5, 5.41) is 11.0. The number of H-pyrrole nitrogens is 1. The van der Waals surface area contributed by atoms with Crippen molar-refractivity contribution in [2.75, 3.05) is 6.61 Å². The van der Waals surface area contributed by atoms with Gasteiger partial charge in [0.1, 0.15) is 0 Å². The maximum absolute atomic E-state index is 12.8. The minimum atomic E-state index is -0.144. The van der Waals surface area contributed by atoms with Crippen LogP contribution in [0, 0.1) is 0 Å². The molecule has 0 spiro atoms. The zero-order valence-electron chi connectivity index (χ0n) is 14.1. The predicted octanol–water partition coefficient (Wildman–Crippen LogP) is 3.05. The van der Waals surface area contributed by atoms with Gasteiger partial charge in [-0.1, -0.05) is 48.5 Å². The van der Waals surface area contributed by atoms with Gasteiger partial charge in [0.05, 0.1) is 19.2 Å². The minimum Gasteiger partial charge on any atom is -0.394 e. The first kappa shape index (κ1) is 15.9. The molecule has 0 aliphatic carbocycles. The van der Waals surface area contributed by atoms with Crippen molar-refractivity contribution in [3.63, 3.8) is 0 Å². The smallest absolute Gasteiger partial charge is 0.223 e. The van der Waals surface area contributed by atoms with E-state index < -0.39 is 0 Å². The van der Waals surface area contributed by atoms with Crippen molar-refractivity contribution >= 4 is 16.8 Å². The third-order valence-corrected chi connectivity index (χ3v) is 5.11. The fraction of sp³-hybridized carbons (Fsp3) is 0.286. The molecule has 1 aliphatic rings. The molecule has 1 unspecified atom stereocenters. The Balaban J connectivity index is 1.54. The van der Waals surface area contributed by atoms with E-state index in [1.165, 1.54) is 16.5 Å². The number of carbonyl (C=O) groups excluding carboxylic acids is 1. The highest BCUT2D eigenvalue weighted by molar-refractivity contribution is 5.86. The number of para-hydroxylation sites is 1. The van der Waals surface area contributed by atoms with Crippen molar-refractivity contribution < 1.29 is 9.90 Å². The Morgan fingerprint density at radius 1 is 1.12 bits per heavy atom. The summed E-state index contributed by atoms with van der Waals surface area (Å²) < 4.78 is 0. The minimum absolute atomic E-state index is 0.00394. The Bertz CT molecular complexity index is 885. The van der Waals surface area contributed by atoms with Crippen LogP contribution in [0.1, 0.15) is 23.2 Å². The van der Waals surface area contributed by atoms with E-state index in [9.17, 15) is 9.90 Å². The number of fused-ring (bicyclic) bond motifs is 3. The number of hydrogen-bond donors (Lipinski definition) is 2. The molecule has 0 saturated carbocycles. The predicted molar refractivity (Wildman–Crippen MR) is 98.2 cm³/mol. The van der Waals surface area contributed by atoms with Gasteiger partial charge in [-0.05, 0) is 30.0 Å². The molecule has 1 aromatic heterocycles. The van der Waals surface area contributed by atoms with Crippen LogP contribution < -0.4 is 0 Å². The molecule has 2 heterocycles. The van der Waals surface area contributed by atoms with Gasteiger partial charge in [0, 0.05) is 23.0 Å². The Morgan fingerprint density at radius 2 is 1.88 bits per heavy atom. The van der Waals surface area contributed by atoms with Gasteiger partial charge in [0.15, 0.2) is 0 Å². The van der Waals surface area contributed by atoms with Gasteiger partial charge in [-0.2, -0.15) is 0 Å². The second kappa shape index (κ2) is 6.73. The molecule has 0 fully saturated rings. The Morgan fingerprint density at radius 3 is 2.68 bits per heavy atom. The highest BCUT2D eigenvalue weighted by atomic mass is 16.3. The van der Waals surface area contributed by atoms with Gasteiger partial charge in [-0.3, -0.25) is 4.79 Å². The molecule has 0 saturated heterocycles. The summed E-state index contributed by atoms with van der Waals surface area (Å²) >= 11 is 0. The van der Waals surface area contributed by atoms with Crippen LogP contribution in [0.3, 0.4) is 0 Å².